The minimum Gasteiger partial charge on any atom is -0.493 e. The van der Waals surface area contributed by atoms with Gasteiger partial charge < -0.3 is 14.2 Å². The Morgan fingerprint density at radius 2 is 1.91 bits per heavy atom. The number of nitrogens with one attached hydrogen (secondary N) is 1. The van der Waals surface area contributed by atoms with Gasteiger partial charge in [-0.2, -0.15) is 5.26 Å². The van der Waals surface area contributed by atoms with Gasteiger partial charge >= 0.3 is 0 Å². The lowest BCUT2D eigenvalue weighted by Gasteiger charge is -2.14. The summed E-state index contributed by atoms with van der Waals surface area (Å²) in [5.74, 6) is 1.10. The Hall–Kier alpha value is -2.94. The van der Waals surface area contributed by atoms with Crippen molar-refractivity contribution in [3.05, 3.63) is 61.5 Å². The fraction of sp³-hybridized carbons (Fsp3) is 0.217. The molecule has 8 nitrogen and oxygen atoms in total. The molecule has 1 amide bonds. The molecule has 0 aliphatic rings. The van der Waals surface area contributed by atoms with Crippen LogP contribution in [0.15, 0.2) is 50.9 Å². The second kappa shape index (κ2) is 12.5. The molecule has 0 saturated carbocycles. The molecule has 3 rings (SSSR count). The Bertz CT molecular complexity index is 1220. The molecule has 1 N–H and O–H groups in total. The molecule has 0 radical (unpaired) electrons. The van der Waals surface area contributed by atoms with Crippen LogP contribution in [0.25, 0.3) is 6.08 Å². The number of benzene rings is 2. The van der Waals surface area contributed by atoms with E-state index in [1.807, 2.05) is 37.3 Å². The molecule has 0 aliphatic carbocycles. The monoisotopic (exact) mass is 606 g/mol. The van der Waals surface area contributed by atoms with Crippen molar-refractivity contribution in [2.45, 2.75) is 13.3 Å². The summed E-state index contributed by atoms with van der Waals surface area (Å²) in [5, 5.41) is 21.1. The fourth-order valence-corrected chi connectivity index (χ4v) is 4.24. The van der Waals surface area contributed by atoms with E-state index in [4.69, 9.17) is 14.2 Å². The van der Waals surface area contributed by atoms with Crippen LogP contribution in [0.5, 0.6) is 17.2 Å². The summed E-state index contributed by atoms with van der Waals surface area (Å²) < 4.78 is 18.5. The molecule has 0 fully saturated rings. The van der Waals surface area contributed by atoms with Gasteiger partial charge in [-0.1, -0.05) is 34.2 Å². The van der Waals surface area contributed by atoms with Crippen LogP contribution in [0.4, 0.5) is 5.13 Å². The van der Waals surface area contributed by atoms with Gasteiger partial charge in [-0.15, -0.1) is 10.2 Å². The number of rotatable bonds is 10. The van der Waals surface area contributed by atoms with Gasteiger partial charge in [0, 0.05) is 4.47 Å². The number of amides is 1. The van der Waals surface area contributed by atoms with Gasteiger partial charge in [0.25, 0.3) is 5.91 Å². The van der Waals surface area contributed by atoms with Crippen LogP contribution in [0.2, 0.25) is 0 Å². The number of carbonyl (C=O) groups excluding carboxylic acids is 1. The predicted octanol–water partition coefficient (Wildman–Crippen LogP) is 5.64. The second-order valence-electron chi connectivity index (χ2n) is 6.66. The molecule has 11 heteroatoms. The molecule has 0 spiro atoms. The van der Waals surface area contributed by atoms with E-state index in [0.717, 1.165) is 15.2 Å². The van der Waals surface area contributed by atoms with Crippen LogP contribution in [0, 0.1) is 11.3 Å². The van der Waals surface area contributed by atoms with Crippen LogP contribution in [-0.4, -0.2) is 36.4 Å². The molecule has 176 valence electrons. The summed E-state index contributed by atoms with van der Waals surface area (Å²) in [5.41, 5.74) is 0.499. The average Bonchev–Trinajstić information content (AvgIpc) is 3.29. The number of aromatic nitrogens is 2. The molecular weight excluding hydrogens is 588 g/mol. The van der Waals surface area contributed by atoms with E-state index in [1.54, 1.807) is 12.1 Å². The van der Waals surface area contributed by atoms with Crippen molar-refractivity contribution in [1.29, 1.82) is 5.26 Å². The molecule has 0 saturated heterocycles. The Kier molecular flexibility index (Phi) is 9.44. The molecule has 0 unspecified atom stereocenters. The quantitative estimate of drug-likeness (QED) is 0.181. The molecule has 0 bridgehead atoms. The van der Waals surface area contributed by atoms with Gasteiger partial charge in [-0.3, -0.25) is 10.1 Å². The first kappa shape index (κ1) is 25.7. The standard InChI is InChI=1S/C23H20Br2N4O4S/c1-3-20-28-29-23(34-20)27-22(30)15(13-26)10-14-11-18(25)21(19(12-14)31-2)33-9-8-32-17-6-4-16(24)5-7-17/h4-7,10-12H,3,8-9H2,1-2H3,(H,27,29,30)/b15-10-. The number of nitrogens with zero attached hydrogens (tertiary/aromatic N) is 3. The highest BCUT2D eigenvalue weighted by Gasteiger charge is 2.15. The van der Waals surface area contributed by atoms with Crippen LogP contribution >= 0.6 is 43.2 Å². The van der Waals surface area contributed by atoms with Gasteiger partial charge in [0.15, 0.2) is 11.5 Å². The van der Waals surface area contributed by atoms with Crippen molar-refractivity contribution in [3.8, 4) is 23.3 Å². The second-order valence-corrected chi connectivity index (χ2v) is 9.50. The van der Waals surface area contributed by atoms with E-state index in [9.17, 15) is 10.1 Å². The van der Waals surface area contributed by atoms with Crippen molar-refractivity contribution < 1.29 is 19.0 Å². The Morgan fingerprint density at radius 1 is 1.18 bits per heavy atom. The molecule has 2 aromatic carbocycles. The van der Waals surface area contributed by atoms with Gasteiger partial charge in [0.1, 0.15) is 35.6 Å². The average molecular weight is 608 g/mol. The molecule has 3 aromatic rings. The van der Waals surface area contributed by atoms with Gasteiger partial charge in [-0.25, -0.2) is 0 Å². The van der Waals surface area contributed by atoms with E-state index in [0.29, 0.717) is 39.7 Å². The number of aryl methyl sites for hydroxylation is 1. The third-order valence-corrected chi connectivity index (χ3v) is 6.43. The number of nitriles is 1. The van der Waals surface area contributed by atoms with Gasteiger partial charge in [0.2, 0.25) is 5.13 Å². The van der Waals surface area contributed by atoms with E-state index >= 15 is 0 Å². The van der Waals surface area contributed by atoms with E-state index in [2.05, 4.69) is 47.4 Å². The first-order chi connectivity index (χ1) is 16.4. The number of anilines is 1. The highest BCUT2D eigenvalue weighted by atomic mass is 79.9. The summed E-state index contributed by atoms with van der Waals surface area (Å²) in [7, 11) is 1.51. The van der Waals surface area contributed by atoms with Crippen LogP contribution < -0.4 is 19.5 Å². The van der Waals surface area contributed by atoms with Crippen molar-refractivity contribution in [2.24, 2.45) is 0 Å². The van der Waals surface area contributed by atoms with E-state index < -0.39 is 5.91 Å². The lowest BCUT2D eigenvalue weighted by molar-refractivity contribution is -0.112. The van der Waals surface area contributed by atoms with Crippen LogP contribution in [-0.2, 0) is 11.2 Å². The van der Waals surface area contributed by atoms with E-state index in [-0.39, 0.29) is 12.2 Å². The summed E-state index contributed by atoms with van der Waals surface area (Å²) >= 11 is 8.13. The Morgan fingerprint density at radius 3 is 2.56 bits per heavy atom. The lowest BCUT2D eigenvalue weighted by Crippen LogP contribution is -2.13. The third-order valence-electron chi connectivity index (χ3n) is 4.33. The molecule has 1 aromatic heterocycles. The number of halogens is 2. The summed E-state index contributed by atoms with van der Waals surface area (Å²) in [4.78, 5) is 12.5. The first-order valence-electron chi connectivity index (χ1n) is 10.1. The number of hydrogen-bond acceptors (Lipinski definition) is 8. The van der Waals surface area contributed by atoms with Crippen molar-refractivity contribution in [1.82, 2.24) is 10.2 Å². The maximum Gasteiger partial charge on any atom is 0.268 e. The minimum atomic E-state index is -0.568. The fourth-order valence-electron chi connectivity index (χ4n) is 2.72. The highest BCUT2D eigenvalue weighted by molar-refractivity contribution is 9.10. The van der Waals surface area contributed by atoms with E-state index in [1.165, 1.54) is 24.5 Å². The zero-order valence-corrected chi connectivity index (χ0v) is 22.3. The first-order valence-corrected chi connectivity index (χ1v) is 12.5. The molecule has 0 aliphatic heterocycles. The molecule has 0 atom stereocenters. The molecule has 1 heterocycles. The zero-order valence-electron chi connectivity index (χ0n) is 18.3. The maximum absolute atomic E-state index is 12.5. The zero-order chi connectivity index (χ0) is 24.5. The molecule has 34 heavy (non-hydrogen) atoms. The largest absolute Gasteiger partial charge is 0.493 e. The smallest absolute Gasteiger partial charge is 0.268 e. The normalized spacial score (nSPS) is 11.0. The number of carbonyl (C=O) groups is 1. The minimum absolute atomic E-state index is 0.0845. The van der Waals surface area contributed by atoms with Gasteiger partial charge in [0.05, 0.1) is 11.6 Å². The SMILES string of the molecule is CCc1nnc(NC(=O)/C(C#N)=C\c2cc(Br)c(OCCOc3ccc(Br)cc3)c(OC)c2)s1. The van der Waals surface area contributed by atoms with Crippen molar-refractivity contribution in [3.63, 3.8) is 0 Å². The summed E-state index contributed by atoms with van der Waals surface area (Å²) in [6.45, 7) is 2.57. The summed E-state index contributed by atoms with van der Waals surface area (Å²) in [6, 6.07) is 12.9. The van der Waals surface area contributed by atoms with Crippen molar-refractivity contribution >= 4 is 60.3 Å². The van der Waals surface area contributed by atoms with Crippen LogP contribution in [0.1, 0.15) is 17.5 Å². The predicted molar refractivity (Wildman–Crippen MR) is 137 cm³/mol. The maximum atomic E-state index is 12.5. The topological polar surface area (TPSA) is 106 Å². The highest BCUT2D eigenvalue weighted by Crippen LogP contribution is 2.37. The van der Waals surface area contributed by atoms with Gasteiger partial charge in [-0.05, 0) is 70.4 Å². The number of hydrogen-bond donors (Lipinski definition) is 1. The van der Waals surface area contributed by atoms with Crippen LogP contribution in [0.3, 0.4) is 0 Å². The third kappa shape index (κ3) is 7.03. The summed E-state index contributed by atoms with van der Waals surface area (Å²) in [6.07, 6.45) is 2.18. The number of methoxy groups -OCH3 is 1. The lowest BCUT2D eigenvalue weighted by atomic mass is 10.1. The van der Waals surface area contributed by atoms with Crippen molar-refractivity contribution in [2.75, 3.05) is 25.6 Å². The Balaban J connectivity index is 1.68. The Labute approximate surface area is 217 Å². The molecular formula is C23H20Br2N4O4S. The number of ether oxygens (including phenoxy) is 3.